The van der Waals surface area contributed by atoms with E-state index in [1.54, 1.807) is 6.92 Å². The number of carbonyl (C=O) groups excluding carboxylic acids is 1. The van der Waals surface area contributed by atoms with Crippen molar-refractivity contribution in [3.8, 4) is 0 Å². The first kappa shape index (κ1) is 22.1. The molecule has 2 aliphatic heterocycles. The summed E-state index contributed by atoms with van der Waals surface area (Å²) < 4.78 is 28.9. The van der Waals surface area contributed by atoms with Crippen LogP contribution in [0.25, 0.3) is 0 Å². The first-order chi connectivity index (χ1) is 13.8. The maximum Gasteiger partial charge on any atom is 0.302 e. The van der Waals surface area contributed by atoms with Crippen molar-refractivity contribution in [3.05, 3.63) is 35.9 Å². The van der Waals surface area contributed by atoms with Crippen LogP contribution in [0, 0.1) is 0 Å². The minimum Gasteiger partial charge on any atom is -0.459 e. The van der Waals surface area contributed by atoms with Crippen LogP contribution < -0.4 is 0 Å². The average molecular weight is 410 g/mol. The molecule has 8 atom stereocenters. The van der Waals surface area contributed by atoms with Gasteiger partial charge < -0.3 is 33.9 Å². The Morgan fingerprint density at radius 2 is 1.76 bits per heavy atom. The van der Waals surface area contributed by atoms with Gasteiger partial charge in [0.1, 0.15) is 18.3 Å². The molecule has 0 bridgehead atoms. The average Bonchev–Trinajstić information content (AvgIpc) is 2.67. The fourth-order valence-corrected chi connectivity index (χ4v) is 3.68. The van der Waals surface area contributed by atoms with Gasteiger partial charge in [-0.15, -0.1) is 0 Å². The standard InChI is InChI=1S/C21H30O8/c1-12-20(24)16(23)9-19(26-12)29-21-13(2)27-18(10-17(21)28-14(3)22)25-11-15-7-5-4-6-8-15/h4-8,12-13,16-21,23-24H,9-11H2,1-3H3/t12-,13-,16+,17+,18-,19+,20-,21-/m1/s1. The Morgan fingerprint density at radius 3 is 2.41 bits per heavy atom. The van der Waals surface area contributed by atoms with Gasteiger partial charge in [0.25, 0.3) is 0 Å². The molecule has 2 heterocycles. The summed E-state index contributed by atoms with van der Waals surface area (Å²) >= 11 is 0. The number of aliphatic hydroxyl groups excluding tert-OH is 2. The number of hydrogen-bond donors (Lipinski definition) is 2. The monoisotopic (exact) mass is 410 g/mol. The Kier molecular flexibility index (Phi) is 7.61. The number of aliphatic hydroxyl groups is 2. The summed E-state index contributed by atoms with van der Waals surface area (Å²) in [5, 5.41) is 19.8. The van der Waals surface area contributed by atoms with Crippen LogP contribution in [0.3, 0.4) is 0 Å². The molecule has 0 spiro atoms. The van der Waals surface area contributed by atoms with Gasteiger partial charge in [-0.3, -0.25) is 4.79 Å². The van der Waals surface area contributed by atoms with Crippen LogP contribution in [0.15, 0.2) is 30.3 Å². The number of rotatable bonds is 6. The lowest BCUT2D eigenvalue weighted by Crippen LogP contribution is -2.54. The molecule has 2 fully saturated rings. The van der Waals surface area contributed by atoms with Gasteiger partial charge in [-0.05, 0) is 19.4 Å². The second kappa shape index (κ2) is 9.97. The van der Waals surface area contributed by atoms with Crippen LogP contribution >= 0.6 is 0 Å². The number of benzene rings is 1. The number of hydrogen-bond acceptors (Lipinski definition) is 8. The molecule has 29 heavy (non-hydrogen) atoms. The van der Waals surface area contributed by atoms with E-state index in [4.69, 9.17) is 23.7 Å². The van der Waals surface area contributed by atoms with E-state index < -0.39 is 55.2 Å². The van der Waals surface area contributed by atoms with Crippen molar-refractivity contribution >= 4 is 5.97 Å². The van der Waals surface area contributed by atoms with Crippen molar-refractivity contribution in [2.24, 2.45) is 0 Å². The Labute approximate surface area is 170 Å². The zero-order valence-electron chi connectivity index (χ0n) is 17.0. The molecule has 0 aromatic heterocycles. The molecule has 0 unspecified atom stereocenters. The second-order valence-corrected chi connectivity index (χ2v) is 7.62. The van der Waals surface area contributed by atoms with Crippen molar-refractivity contribution < 1.29 is 38.7 Å². The van der Waals surface area contributed by atoms with E-state index in [0.717, 1.165) is 5.56 Å². The molecular weight excluding hydrogens is 380 g/mol. The molecule has 0 amide bonds. The van der Waals surface area contributed by atoms with Crippen LogP contribution in [0.1, 0.15) is 39.2 Å². The highest BCUT2D eigenvalue weighted by Gasteiger charge is 2.43. The predicted molar refractivity (Wildman–Crippen MR) is 102 cm³/mol. The summed E-state index contributed by atoms with van der Waals surface area (Å²) in [5.41, 5.74) is 1.02. The molecule has 0 saturated carbocycles. The largest absolute Gasteiger partial charge is 0.459 e. The zero-order chi connectivity index (χ0) is 21.0. The van der Waals surface area contributed by atoms with Gasteiger partial charge in [0.2, 0.25) is 0 Å². The van der Waals surface area contributed by atoms with E-state index in [-0.39, 0.29) is 6.42 Å². The van der Waals surface area contributed by atoms with Gasteiger partial charge in [-0.25, -0.2) is 0 Å². The van der Waals surface area contributed by atoms with E-state index >= 15 is 0 Å². The molecule has 1 aromatic carbocycles. The van der Waals surface area contributed by atoms with Gasteiger partial charge in [-0.2, -0.15) is 0 Å². The molecule has 0 aliphatic carbocycles. The number of ether oxygens (including phenoxy) is 5. The summed E-state index contributed by atoms with van der Waals surface area (Å²) in [6.07, 6.45) is -4.94. The third-order valence-corrected chi connectivity index (χ3v) is 5.20. The van der Waals surface area contributed by atoms with E-state index in [0.29, 0.717) is 13.0 Å². The normalized spacial score (nSPS) is 37.8. The fourth-order valence-electron chi connectivity index (χ4n) is 3.68. The highest BCUT2D eigenvalue weighted by molar-refractivity contribution is 5.66. The summed E-state index contributed by atoms with van der Waals surface area (Å²) in [4.78, 5) is 11.6. The van der Waals surface area contributed by atoms with Crippen molar-refractivity contribution in [2.45, 2.75) is 89.4 Å². The van der Waals surface area contributed by atoms with Gasteiger partial charge in [0.15, 0.2) is 12.6 Å². The lowest BCUT2D eigenvalue weighted by Gasteiger charge is -2.43. The SMILES string of the molecule is CC(=O)O[C@H]1C[C@H](OCc2ccccc2)O[C@H](C)[C@H]1O[C@H]1C[C@H](O)[C@H](O)[C@@H](C)O1. The smallest absolute Gasteiger partial charge is 0.302 e. The Bertz CT molecular complexity index is 641. The van der Waals surface area contributed by atoms with E-state index in [9.17, 15) is 15.0 Å². The van der Waals surface area contributed by atoms with Crippen LogP contribution in [-0.4, -0.2) is 65.4 Å². The molecule has 8 nitrogen and oxygen atoms in total. The molecule has 8 heteroatoms. The van der Waals surface area contributed by atoms with Crippen LogP contribution in [0.4, 0.5) is 0 Å². The maximum atomic E-state index is 11.6. The van der Waals surface area contributed by atoms with Gasteiger partial charge in [-0.1, -0.05) is 30.3 Å². The maximum absolute atomic E-state index is 11.6. The van der Waals surface area contributed by atoms with E-state index in [1.165, 1.54) is 6.92 Å². The first-order valence-electron chi connectivity index (χ1n) is 9.98. The van der Waals surface area contributed by atoms with Gasteiger partial charge in [0.05, 0.1) is 24.9 Å². The molecule has 3 rings (SSSR count). The summed E-state index contributed by atoms with van der Waals surface area (Å²) in [6, 6.07) is 9.73. The summed E-state index contributed by atoms with van der Waals surface area (Å²) in [5.74, 6) is -0.423. The molecule has 2 N–H and O–H groups in total. The number of carbonyl (C=O) groups is 1. The van der Waals surface area contributed by atoms with Crippen LogP contribution in [0.2, 0.25) is 0 Å². The topological polar surface area (TPSA) is 104 Å². The van der Waals surface area contributed by atoms with E-state index in [1.807, 2.05) is 37.3 Å². The first-order valence-corrected chi connectivity index (χ1v) is 9.98. The van der Waals surface area contributed by atoms with Crippen molar-refractivity contribution in [1.29, 1.82) is 0 Å². The Balaban J connectivity index is 1.62. The van der Waals surface area contributed by atoms with E-state index in [2.05, 4.69) is 0 Å². The van der Waals surface area contributed by atoms with Crippen LogP contribution in [-0.2, 0) is 35.1 Å². The highest BCUT2D eigenvalue weighted by atomic mass is 16.7. The van der Waals surface area contributed by atoms with Gasteiger partial charge in [0, 0.05) is 19.8 Å². The third kappa shape index (κ3) is 5.97. The van der Waals surface area contributed by atoms with Gasteiger partial charge >= 0.3 is 5.97 Å². The fraction of sp³-hybridized carbons (Fsp3) is 0.667. The molecule has 2 aliphatic rings. The predicted octanol–water partition coefficient (Wildman–Crippen LogP) is 1.51. The third-order valence-electron chi connectivity index (χ3n) is 5.20. The molecule has 0 radical (unpaired) electrons. The molecule has 1 aromatic rings. The minimum atomic E-state index is -0.963. The lowest BCUT2D eigenvalue weighted by atomic mass is 10.00. The highest BCUT2D eigenvalue weighted by Crippen LogP contribution is 2.30. The Morgan fingerprint density at radius 1 is 1.07 bits per heavy atom. The quantitative estimate of drug-likeness (QED) is 0.681. The zero-order valence-corrected chi connectivity index (χ0v) is 17.0. The van der Waals surface area contributed by atoms with Crippen LogP contribution in [0.5, 0.6) is 0 Å². The minimum absolute atomic E-state index is 0.120. The van der Waals surface area contributed by atoms with Crippen molar-refractivity contribution in [3.63, 3.8) is 0 Å². The Hall–Kier alpha value is -1.55. The van der Waals surface area contributed by atoms with Crippen molar-refractivity contribution in [2.75, 3.05) is 0 Å². The summed E-state index contributed by atoms with van der Waals surface area (Å²) in [6.45, 7) is 5.21. The van der Waals surface area contributed by atoms with Crippen molar-refractivity contribution in [1.82, 2.24) is 0 Å². The molecular formula is C21H30O8. The number of esters is 1. The second-order valence-electron chi connectivity index (χ2n) is 7.62. The molecule has 162 valence electrons. The lowest BCUT2D eigenvalue weighted by molar-refractivity contribution is -0.313. The summed E-state index contributed by atoms with van der Waals surface area (Å²) in [7, 11) is 0. The molecule has 2 saturated heterocycles.